The summed E-state index contributed by atoms with van der Waals surface area (Å²) in [6.45, 7) is 2.94. The Labute approximate surface area is 123 Å². The maximum absolute atomic E-state index is 12.3. The van der Waals surface area contributed by atoms with Gasteiger partial charge in [0, 0.05) is 39.1 Å². The third-order valence-electron chi connectivity index (χ3n) is 4.30. The number of carbonyl (C=O) groups excluding carboxylic acids is 2. The van der Waals surface area contributed by atoms with Gasteiger partial charge in [0.2, 0.25) is 5.91 Å². The van der Waals surface area contributed by atoms with Crippen molar-refractivity contribution in [1.82, 2.24) is 29.9 Å². The number of likely N-dealkylation sites (N-methyl/N-ethyl adjacent to an activating group) is 1. The van der Waals surface area contributed by atoms with Crippen molar-refractivity contribution < 1.29 is 9.59 Å². The first-order chi connectivity index (χ1) is 10.1. The van der Waals surface area contributed by atoms with Crippen LogP contribution in [0.25, 0.3) is 0 Å². The van der Waals surface area contributed by atoms with Crippen LogP contribution < -0.4 is 0 Å². The molecule has 3 rings (SSSR count). The highest BCUT2D eigenvalue weighted by atomic mass is 16.2. The molecule has 1 aromatic heterocycles. The summed E-state index contributed by atoms with van der Waals surface area (Å²) in [6, 6.07) is -0.0557. The van der Waals surface area contributed by atoms with Gasteiger partial charge < -0.3 is 14.7 Å². The maximum Gasteiger partial charge on any atom is 0.320 e. The molecule has 8 nitrogen and oxygen atoms in total. The second kappa shape index (κ2) is 5.71. The molecule has 114 valence electrons. The molecule has 2 aliphatic heterocycles. The molecular weight excluding hydrogens is 272 g/mol. The van der Waals surface area contributed by atoms with Crippen molar-refractivity contribution in [3.8, 4) is 0 Å². The Kier molecular flexibility index (Phi) is 3.76. The summed E-state index contributed by atoms with van der Waals surface area (Å²) in [4.78, 5) is 33.4. The Balaban J connectivity index is 1.50. The topological polar surface area (TPSA) is 85.4 Å². The van der Waals surface area contributed by atoms with Crippen molar-refractivity contribution in [3.63, 3.8) is 0 Å². The Morgan fingerprint density at radius 3 is 2.67 bits per heavy atom. The predicted molar refractivity (Wildman–Crippen MR) is 74.5 cm³/mol. The molecule has 0 aliphatic carbocycles. The molecule has 0 spiro atoms. The molecule has 3 heterocycles. The smallest absolute Gasteiger partial charge is 0.320 e. The van der Waals surface area contributed by atoms with E-state index in [0.717, 1.165) is 18.7 Å². The van der Waals surface area contributed by atoms with Gasteiger partial charge in [0.05, 0.1) is 0 Å². The predicted octanol–water partition coefficient (Wildman–Crippen LogP) is -0.122. The summed E-state index contributed by atoms with van der Waals surface area (Å²) in [5.74, 6) is 1.28. The number of amides is 3. The summed E-state index contributed by atoms with van der Waals surface area (Å²) in [5, 5.41) is 6.77. The van der Waals surface area contributed by atoms with Crippen molar-refractivity contribution in [1.29, 1.82) is 0 Å². The van der Waals surface area contributed by atoms with Crippen LogP contribution in [0.3, 0.4) is 0 Å². The van der Waals surface area contributed by atoms with Gasteiger partial charge in [-0.15, -0.1) is 0 Å². The van der Waals surface area contributed by atoms with Crippen molar-refractivity contribution in [2.24, 2.45) is 0 Å². The van der Waals surface area contributed by atoms with Gasteiger partial charge in [-0.05, 0) is 12.8 Å². The molecule has 0 atom stereocenters. The molecule has 1 aromatic rings. The van der Waals surface area contributed by atoms with E-state index in [0.29, 0.717) is 32.1 Å². The van der Waals surface area contributed by atoms with E-state index in [2.05, 4.69) is 15.2 Å². The third kappa shape index (κ3) is 2.84. The summed E-state index contributed by atoms with van der Waals surface area (Å²) in [7, 11) is 1.76. The minimum Gasteiger partial charge on any atom is -0.341 e. The fourth-order valence-electron chi connectivity index (χ4n) is 2.93. The Hall–Kier alpha value is -2.12. The van der Waals surface area contributed by atoms with Gasteiger partial charge in [-0.25, -0.2) is 9.78 Å². The number of aromatic nitrogens is 3. The highest BCUT2D eigenvalue weighted by Crippen LogP contribution is 2.25. The fourth-order valence-corrected chi connectivity index (χ4v) is 2.93. The zero-order valence-electron chi connectivity index (χ0n) is 12.2. The number of nitrogens with one attached hydrogen (secondary N) is 1. The van der Waals surface area contributed by atoms with Gasteiger partial charge in [-0.3, -0.25) is 9.89 Å². The average molecular weight is 292 g/mol. The molecule has 3 amide bonds. The van der Waals surface area contributed by atoms with Crippen LogP contribution in [0.15, 0.2) is 6.33 Å². The number of hydrogen-bond acceptors (Lipinski definition) is 4. The number of urea groups is 1. The third-order valence-corrected chi connectivity index (χ3v) is 4.30. The normalized spacial score (nSPS) is 20.4. The lowest BCUT2D eigenvalue weighted by Crippen LogP contribution is -2.44. The zero-order valence-corrected chi connectivity index (χ0v) is 12.2. The lowest BCUT2D eigenvalue weighted by atomic mass is 9.96. The highest BCUT2D eigenvalue weighted by Gasteiger charge is 2.30. The van der Waals surface area contributed by atoms with Crippen molar-refractivity contribution >= 4 is 11.9 Å². The number of nitrogens with zero attached hydrogens (tertiary/aromatic N) is 5. The van der Waals surface area contributed by atoms with E-state index >= 15 is 0 Å². The van der Waals surface area contributed by atoms with Gasteiger partial charge in [0.1, 0.15) is 18.7 Å². The molecule has 0 aromatic carbocycles. The molecule has 2 fully saturated rings. The first kappa shape index (κ1) is 13.8. The highest BCUT2D eigenvalue weighted by molar-refractivity contribution is 5.85. The quantitative estimate of drug-likeness (QED) is 0.841. The fraction of sp³-hybridized carbons (Fsp3) is 0.692. The monoisotopic (exact) mass is 292 g/mol. The number of piperidine rings is 1. The van der Waals surface area contributed by atoms with Crippen LogP contribution in [-0.2, 0) is 4.79 Å². The number of H-pyrrole nitrogens is 1. The molecule has 0 bridgehead atoms. The van der Waals surface area contributed by atoms with Crippen molar-refractivity contribution in [3.05, 3.63) is 12.2 Å². The molecule has 1 N–H and O–H groups in total. The Bertz CT molecular complexity index is 509. The van der Waals surface area contributed by atoms with E-state index in [1.54, 1.807) is 16.8 Å². The number of rotatable bonds is 3. The average Bonchev–Trinajstić information content (AvgIpc) is 3.13. The molecule has 0 unspecified atom stereocenters. The van der Waals surface area contributed by atoms with Crippen LogP contribution in [0.5, 0.6) is 0 Å². The molecule has 2 saturated heterocycles. The van der Waals surface area contributed by atoms with Crippen molar-refractivity contribution in [2.45, 2.75) is 18.8 Å². The van der Waals surface area contributed by atoms with Gasteiger partial charge in [-0.1, -0.05) is 0 Å². The summed E-state index contributed by atoms with van der Waals surface area (Å²) >= 11 is 0. The minimum absolute atomic E-state index is 0.0367. The minimum atomic E-state index is -0.0557. The number of likely N-dealkylation sites (tertiary alicyclic amines) is 1. The maximum atomic E-state index is 12.3. The summed E-state index contributed by atoms with van der Waals surface area (Å²) in [5.41, 5.74) is 0. The van der Waals surface area contributed by atoms with Gasteiger partial charge in [0.15, 0.2) is 0 Å². The molecule has 0 radical (unpaired) electrons. The molecule has 8 heteroatoms. The Morgan fingerprint density at radius 2 is 2.10 bits per heavy atom. The summed E-state index contributed by atoms with van der Waals surface area (Å²) in [6.07, 6.45) is 3.28. The molecule has 2 aliphatic rings. The van der Waals surface area contributed by atoms with Crippen LogP contribution in [0.1, 0.15) is 24.6 Å². The SMILES string of the molecule is CN1CCN(CC(=O)N2CCC(c3ncn[nH]3)CC2)C1=O. The van der Waals surface area contributed by atoms with Gasteiger partial charge >= 0.3 is 6.03 Å². The lowest BCUT2D eigenvalue weighted by molar-refractivity contribution is -0.132. The van der Waals surface area contributed by atoms with E-state index < -0.39 is 0 Å². The van der Waals surface area contributed by atoms with Crippen LogP contribution >= 0.6 is 0 Å². The zero-order chi connectivity index (χ0) is 14.8. The second-order valence-electron chi connectivity index (χ2n) is 5.65. The van der Waals surface area contributed by atoms with Crippen LogP contribution in [0.2, 0.25) is 0 Å². The van der Waals surface area contributed by atoms with Gasteiger partial charge in [-0.2, -0.15) is 5.10 Å². The Morgan fingerprint density at radius 1 is 1.33 bits per heavy atom. The van der Waals surface area contributed by atoms with Gasteiger partial charge in [0.25, 0.3) is 0 Å². The van der Waals surface area contributed by atoms with Crippen molar-refractivity contribution in [2.75, 3.05) is 39.8 Å². The number of carbonyl (C=O) groups is 2. The van der Waals surface area contributed by atoms with E-state index in [-0.39, 0.29) is 18.5 Å². The number of hydrogen-bond donors (Lipinski definition) is 1. The summed E-state index contributed by atoms with van der Waals surface area (Å²) < 4.78 is 0. The molecule has 21 heavy (non-hydrogen) atoms. The number of aromatic amines is 1. The molecule has 0 saturated carbocycles. The first-order valence-electron chi connectivity index (χ1n) is 7.28. The molecular formula is C13H20N6O2. The largest absolute Gasteiger partial charge is 0.341 e. The van der Waals surface area contributed by atoms with E-state index in [1.165, 1.54) is 6.33 Å². The van der Waals surface area contributed by atoms with E-state index in [9.17, 15) is 9.59 Å². The lowest BCUT2D eigenvalue weighted by Gasteiger charge is -2.32. The first-order valence-corrected chi connectivity index (χ1v) is 7.28. The van der Waals surface area contributed by atoms with Crippen LogP contribution in [0, 0.1) is 0 Å². The van der Waals surface area contributed by atoms with E-state index in [4.69, 9.17) is 0 Å². The van der Waals surface area contributed by atoms with Crippen LogP contribution in [0.4, 0.5) is 4.79 Å². The van der Waals surface area contributed by atoms with Crippen LogP contribution in [-0.4, -0.2) is 81.6 Å². The second-order valence-corrected chi connectivity index (χ2v) is 5.65. The standard InChI is InChI=1S/C13H20N6O2/c1-17-6-7-19(13(17)21)8-11(20)18-4-2-10(3-5-18)12-14-9-15-16-12/h9-10H,2-8H2,1H3,(H,14,15,16). The van der Waals surface area contributed by atoms with E-state index in [1.807, 2.05) is 4.90 Å².